The van der Waals surface area contributed by atoms with Crippen molar-refractivity contribution in [3.8, 4) is 16.9 Å². The van der Waals surface area contributed by atoms with Crippen LogP contribution in [-0.4, -0.2) is 26.3 Å². The average Bonchev–Trinajstić information content (AvgIpc) is 3.36. The summed E-state index contributed by atoms with van der Waals surface area (Å²) in [7, 11) is 1.99. The number of aromatic nitrogens is 3. The van der Waals surface area contributed by atoms with Crippen LogP contribution in [0.5, 0.6) is 0 Å². The van der Waals surface area contributed by atoms with Gasteiger partial charge in [0.05, 0.1) is 23.6 Å². The first-order valence-corrected chi connectivity index (χ1v) is 10.2. The standard InChI is InChI=1S/C25H22N4O2/c1-27(18-28-22-14-8-9-15-23(22)31-25(28)30)16-20-17-29(21-12-6-3-7-13-21)26-24(20)19-10-4-2-5-11-19/h2-15,17H,16,18H2,1H3. The maximum atomic E-state index is 12.4. The van der Waals surface area contributed by atoms with Gasteiger partial charge < -0.3 is 4.42 Å². The second-order valence-electron chi connectivity index (χ2n) is 7.57. The number of rotatable bonds is 6. The van der Waals surface area contributed by atoms with E-state index in [2.05, 4.69) is 23.2 Å². The third-order valence-electron chi connectivity index (χ3n) is 5.25. The van der Waals surface area contributed by atoms with E-state index in [1.54, 1.807) is 4.57 Å². The normalized spacial score (nSPS) is 11.4. The van der Waals surface area contributed by atoms with Gasteiger partial charge >= 0.3 is 5.76 Å². The third kappa shape index (κ3) is 3.81. The van der Waals surface area contributed by atoms with E-state index in [4.69, 9.17) is 9.52 Å². The maximum Gasteiger partial charge on any atom is 0.421 e. The smallest absolute Gasteiger partial charge is 0.408 e. The summed E-state index contributed by atoms with van der Waals surface area (Å²) in [6.45, 7) is 1.05. The summed E-state index contributed by atoms with van der Waals surface area (Å²) in [4.78, 5) is 14.4. The molecule has 2 heterocycles. The first-order valence-electron chi connectivity index (χ1n) is 10.2. The van der Waals surface area contributed by atoms with Crippen LogP contribution in [0, 0.1) is 0 Å². The molecule has 3 aromatic carbocycles. The molecule has 0 spiro atoms. The van der Waals surface area contributed by atoms with Crippen molar-refractivity contribution in [1.29, 1.82) is 0 Å². The molecule has 0 aliphatic heterocycles. The summed E-state index contributed by atoms with van der Waals surface area (Å²) in [5.41, 5.74) is 5.47. The first-order chi connectivity index (χ1) is 15.2. The fourth-order valence-electron chi connectivity index (χ4n) is 3.81. The topological polar surface area (TPSA) is 56.2 Å². The third-order valence-corrected chi connectivity index (χ3v) is 5.25. The van der Waals surface area contributed by atoms with Crippen molar-refractivity contribution in [2.75, 3.05) is 7.05 Å². The molecule has 0 radical (unpaired) electrons. The van der Waals surface area contributed by atoms with Crippen LogP contribution in [0.2, 0.25) is 0 Å². The van der Waals surface area contributed by atoms with Crippen molar-refractivity contribution < 1.29 is 4.42 Å². The van der Waals surface area contributed by atoms with Crippen LogP contribution >= 0.6 is 0 Å². The summed E-state index contributed by atoms with van der Waals surface area (Å²) < 4.78 is 8.93. The number of fused-ring (bicyclic) bond motifs is 1. The maximum absolute atomic E-state index is 12.4. The minimum Gasteiger partial charge on any atom is -0.408 e. The Balaban J connectivity index is 1.48. The van der Waals surface area contributed by atoms with Crippen molar-refractivity contribution in [3.63, 3.8) is 0 Å². The van der Waals surface area contributed by atoms with Gasteiger partial charge in [-0.25, -0.2) is 9.48 Å². The number of para-hydroxylation sites is 3. The van der Waals surface area contributed by atoms with Crippen LogP contribution in [-0.2, 0) is 13.2 Å². The summed E-state index contributed by atoms with van der Waals surface area (Å²) >= 11 is 0. The molecule has 6 nitrogen and oxygen atoms in total. The summed E-state index contributed by atoms with van der Waals surface area (Å²) in [6, 6.07) is 27.7. The average molecular weight is 410 g/mol. The Bertz CT molecular complexity index is 1370. The number of benzene rings is 3. The lowest BCUT2D eigenvalue weighted by Gasteiger charge is -2.16. The highest BCUT2D eigenvalue weighted by Gasteiger charge is 2.16. The van der Waals surface area contributed by atoms with E-state index in [-0.39, 0.29) is 5.76 Å². The second-order valence-corrected chi connectivity index (χ2v) is 7.57. The van der Waals surface area contributed by atoms with E-state index < -0.39 is 0 Å². The Hall–Kier alpha value is -3.90. The van der Waals surface area contributed by atoms with Gasteiger partial charge in [0.1, 0.15) is 0 Å². The van der Waals surface area contributed by atoms with Crippen molar-refractivity contribution in [2.24, 2.45) is 0 Å². The molecule has 0 fully saturated rings. The van der Waals surface area contributed by atoms with Gasteiger partial charge in [0.2, 0.25) is 0 Å². The van der Waals surface area contributed by atoms with E-state index in [1.165, 1.54) is 0 Å². The van der Waals surface area contributed by atoms with Crippen molar-refractivity contribution in [2.45, 2.75) is 13.2 Å². The molecule has 0 saturated heterocycles. The van der Waals surface area contributed by atoms with Gasteiger partial charge in [-0.15, -0.1) is 0 Å². The van der Waals surface area contributed by atoms with Gasteiger partial charge in [-0.1, -0.05) is 60.7 Å². The predicted octanol–water partition coefficient (Wildman–Crippen LogP) is 4.54. The molecule has 6 heteroatoms. The summed E-state index contributed by atoms with van der Waals surface area (Å²) in [6.07, 6.45) is 2.06. The van der Waals surface area contributed by atoms with Gasteiger partial charge in [0.15, 0.2) is 5.58 Å². The molecular weight excluding hydrogens is 388 g/mol. The lowest BCUT2D eigenvalue weighted by atomic mass is 10.1. The summed E-state index contributed by atoms with van der Waals surface area (Å²) in [5.74, 6) is -0.351. The Kier molecular flexibility index (Phi) is 4.98. The number of hydrogen-bond acceptors (Lipinski definition) is 4. The van der Waals surface area contributed by atoms with Gasteiger partial charge in [-0.05, 0) is 31.3 Å². The molecule has 0 unspecified atom stereocenters. The highest BCUT2D eigenvalue weighted by atomic mass is 16.4. The van der Waals surface area contributed by atoms with Crippen molar-refractivity contribution in [3.05, 3.63) is 107 Å². The minimum absolute atomic E-state index is 0.351. The lowest BCUT2D eigenvalue weighted by Crippen LogP contribution is -2.27. The van der Waals surface area contributed by atoms with Crippen LogP contribution in [0.3, 0.4) is 0 Å². The predicted molar refractivity (Wildman–Crippen MR) is 121 cm³/mol. The van der Waals surface area contributed by atoms with Gasteiger partial charge in [-0.2, -0.15) is 5.10 Å². The van der Waals surface area contributed by atoms with Crippen LogP contribution < -0.4 is 5.76 Å². The van der Waals surface area contributed by atoms with E-state index in [9.17, 15) is 4.79 Å². The molecule has 0 atom stereocenters. The van der Waals surface area contributed by atoms with Crippen LogP contribution in [0.4, 0.5) is 0 Å². The van der Waals surface area contributed by atoms with Crippen molar-refractivity contribution in [1.82, 2.24) is 19.2 Å². The van der Waals surface area contributed by atoms with Gasteiger partial charge in [0.25, 0.3) is 0 Å². The molecule has 5 rings (SSSR count). The fourth-order valence-corrected chi connectivity index (χ4v) is 3.81. The molecule has 154 valence electrons. The van der Waals surface area contributed by atoms with E-state index in [0.29, 0.717) is 18.8 Å². The fraction of sp³-hybridized carbons (Fsp3) is 0.120. The molecule has 0 saturated carbocycles. The molecule has 0 N–H and O–H groups in total. The molecular formula is C25H22N4O2. The summed E-state index contributed by atoms with van der Waals surface area (Å²) in [5, 5.41) is 4.87. The molecule has 0 aliphatic carbocycles. The molecule has 0 aliphatic rings. The minimum atomic E-state index is -0.351. The zero-order chi connectivity index (χ0) is 21.2. The van der Waals surface area contributed by atoms with Gasteiger partial charge in [-0.3, -0.25) is 9.47 Å². The van der Waals surface area contributed by atoms with E-state index >= 15 is 0 Å². The van der Waals surface area contributed by atoms with Crippen LogP contribution in [0.15, 0.2) is 100 Å². The van der Waals surface area contributed by atoms with Crippen LogP contribution in [0.25, 0.3) is 28.0 Å². The SMILES string of the molecule is CN(Cc1cn(-c2ccccc2)nc1-c1ccccc1)Cn1c(=O)oc2ccccc21. The highest BCUT2D eigenvalue weighted by molar-refractivity contribution is 5.72. The Labute approximate surface area is 179 Å². The van der Waals surface area contributed by atoms with Crippen molar-refractivity contribution >= 4 is 11.1 Å². The largest absolute Gasteiger partial charge is 0.421 e. The lowest BCUT2D eigenvalue weighted by molar-refractivity contribution is 0.254. The Morgan fingerprint density at radius 1 is 0.903 bits per heavy atom. The molecule has 5 aromatic rings. The van der Waals surface area contributed by atoms with E-state index in [1.807, 2.05) is 84.5 Å². The Morgan fingerprint density at radius 2 is 1.58 bits per heavy atom. The highest BCUT2D eigenvalue weighted by Crippen LogP contribution is 2.25. The molecule has 0 bridgehead atoms. The number of nitrogens with zero attached hydrogens (tertiary/aromatic N) is 4. The van der Waals surface area contributed by atoms with E-state index in [0.717, 1.165) is 28.0 Å². The monoisotopic (exact) mass is 410 g/mol. The zero-order valence-electron chi connectivity index (χ0n) is 17.2. The second kappa shape index (κ2) is 8.08. The van der Waals surface area contributed by atoms with Gasteiger partial charge in [0, 0.05) is 23.9 Å². The number of hydrogen-bond donors (Lipinski definition) is 0. The zero-order valence-corrected chi connectivity index (χ0v) is 17.2. The first kappa shape index (κ1) is 19.1. The molecule has 2 aromatic heterocycles. The molecule has 0 amide bonds. The molecule has 31 heavy (non-hydrogen) atoms. The van der Waals surface area contributed by atoms with Crippen LogP contribution in [0.1, 0.15) is 5.56 Å². The number of oxazole rings is 1. The quantitative estimate of drug-likeness (QED) is 0.413. The Morgan fingerprint density at radius 3 is 2.35 bits per heavy atom.